The lowest BCUT2D eigenvalue weighted by molar-refractivity contribution is -0.187. The van der Waals surface area contributed by atoms with Crippen molar-refractivity contribution < 1.29 is 28.5 Å². The predicted octanol–water partition coefficient (Wildman–Crippen LogP) is 5.73. The maximum absolute atomic E-state index is 12.5. The molecule has 6 nitrogen and oxygen atoms in total. The van der Waals surface area contributed by atoms with Crippen molar-refractivity contribution >= 4 is 12.6 Å². The first-order valence-electron chi connectivity index (χ1n) is 13.3. The van der Waals surface area contributed by atoms with Gasteiger partial charge in [-0.25, -0.2) is 0 Å². The van der Waals surface area contributed by atoms with Crippen LogP contribution in [0.5, 0.6) is 0 Å². The van der Waals surface area contributed by atoms with Gasteiger partial charge in [0.25, 0.3) is 0 Å². The zero-order valence-electron chi connectivity index (χ0n) is 22.3. The molecule has 0 saturated heterocycles. The lowest BCUT2D eigenvalue weighted by atomic mass is 10.0. The highest BCUT2D eigenvalue weighted by atomic mass is 16.6. The largest absolute Gasteiger partial charge is 0.368 e. The highest BCUT2D eigenvalue weighted by Gasteiger charge is 2.38. The molecule has 0 fully saturated rings. The van der Waals surface area contributed by atoms with E-state index in [-0.39, 0.29) is 26.4 Å². The summed E-state index contributed by atoms with van der Waals surface area (Å²) in [5.74, 6) is 0. The van der Waals surface area contributed by atoms with E-state index in [1.807, 2.05) is 121 Å². The monoisotopic (exact) mass is 538 g/mol. The van der Waals surface area contributed by atoms with Crippen molar-refractivity contribution in [2.24, 2.45) is 0 Å². The first kappa shape index (κ1) is 29.1. The van der Waals surface area contributed by atoms with E-state index in [0.717, 1.165) is 22.3 Å². The van der Waals surface area contributed by atoms with Gasteiger partial charge in [-0.2, -0.15) is 0 Å². The quantitative estimate of drug-likeness (QED) is 0.160. The maximum atomic E-state index is 12.5. The van der Waals surface area contributed by atoms with Crippen LogP contribution in [0.1, 0.15) is 22.3 Å². The SMILES string of the molecule is O=C[C@H](OCc1ccccc1)[C@H](OCc1ccccc1)[C@@H](OCc1ccccc1)[C@@H](C=O)OCc1ccccc1. The maximum Gasteiger partial charge on any atom is 0.151 e. The van der Waals surface area contributed by atoms with Gasteiger partial charge in [-0.3, -0.25) is 0 Å². The van der Waals surface area contributed by atoms with E-state index < -0.39 is 24.4 Å². The molecule has 0 spiro atoms. The Kier molecular flexibility index (Phi) is 11.8. The second-order valence-electron chi connectivity index (χ2n) is 9.32. The highest BCUT2D eigenvalue weighted by molar-refractivity contribution is 5.60. The van der Waals surface area contributed by atoms with Crippen molar-refractivity contribution in [2.45, 2.75) is 50.8 Å². The van der Waals surface area contributed by atoms with Gasteiger partial charge in [0, 0.05) is 0 Å². The van der Waals surface area contributed by atoms with Gasteiger partial charge < -0.3 is 28.5 Å². The van der Waals surface area contributed by atoms with Crippen LogP contribution in [-0.2, 0) is 55.0 Å². The highest BCUT2D eigenvalue weighted by Crippen LogP contribution is 2.22. The summed E-state index contributed by atoms with van der Waals surface area (Å²) in [7, 11) is 0. The van der Waals surface area contributed by atoms with E-state index in [1.54, 1.807) is 0 Å². The molecule has 4 aromatic rings. The van der Waals surface area contributed by atoms with E-state index in [4.69, 9.17) is 18.9 Å². The topological polar surface area (TPSA) is 71.1 Å². The van der Waals surface area contributed by atoms with Crippen LogP contribution in [0, 0.1) is 0 Å². The summed E-state index contributed by atoms with van der Waals surface area (Å²) >= 11 is 0. The van der Waals surface area contributed by atoms with Gasteiger partial charge in [0.15, 0.2) is 12.6 Å². The Bertz CT molecular complexity index is 1150. The molecular formula is C34H34O6. The molecule has 0 N–H and O–H groups in total. The third-order valence-corrected chi connectivity index (χ3v) is 6.38. The number of benzene rings is 4. The molecular weight excluding hydrogens is 504 g/mol. The predicted molar refractivity (Wildman–Crippen MR) is 152 cm³/mol. The van der Waals surface area contributed by atoms with Crippen molar-refractivity contribution in [2.75, 3.05) is 0 Å². The van der Waals surface area contributed by atoms with E-state index in [2.05, 4.69) is 0 Å². The number of ether oxygens (including phenoxy) is 4. The molecule has 0 aliphatic heterocycles. The van der Waals surface area contributed by atoms with Crippen LogP contribution in [-0.4, -0.2) is 37.0 Å². The lowest BCUT2D eigenvalue weighted by Crippen LogP contribution is -2.50. The molecule has 4 rings (SSSR count). The molecule has 0 aliphatic rings. The Morgan fingerprint density at radius 1 is 0.400 bits per heavy atom. The fourth-order valence-corrected chi connectivity index (χ4v) is 4.24. The molecule has 40 heavy (non-hydrogen) atoms. The van der Waals surface area contributed by atoms with Gasteiger partial charge in [0.05, 0.1) is 26.4 Å². The molecule has 4 atom stereocenters. The van der Waals surface area contributed by atoms with Gasteiger partial charge in [0.2, 0.25) is 0 Å². The van der Waals surface area contributed by atoms with Crippen molar-refractivity contribution in [3.05, 3.63) is 144 Å². The van der Waals surface area contributed by atoms with Gasteiger partial charge in [0.1, 0.15) is 24.4 Å². The number of carbonyl (C=O) groups excluding carboxylic acids is 2. The van der Waals surface area contributed by atoms with Crippen molar-refractivity contribution in [3.63, 3.8) is 0 Å². The van der Waals surface area contributed by atoms with Crippen LogP contribution >= 0.6 is 0 Å². The Hall–Kier alpha value is -3.94. The average molecular weight is 539 g/mol. The zero-order valence-corrected chi connectivity index (χ0v) is 22.3. The smallest absolute Gasteiger partial charge is 0.151 e. The van der Waals surface area contributed by atoms with E-state index >= 15 is 0 Å². The number of aldehydes is 2. The molecule has 6 heteroatoms. The fourth-order valence-electron chi connectivity index (χ4n) is 4.24. The third-order valence-electron chi connectivity index (χ3n) is 6.38. The van der Waals surface area contributed by atoms with Gasteiger partial charge in [-0.15, -0.1) is 0 Å². The second kappa shape index (κ2) is 16.2. The van der Waals surface area contributed by atoms with Gasteiger partial charge >= 0.3 is 0 Å². The standard InChI is InChI=1S/C34H34O6/c35-21-31(37-23-27-13-5-1-6-14-27)33(39-25-29-17-9-3-10-18-29)34(40-26-30-19-11-4-12-20-30)32(22-36)38-24-28-15-7-2-8-16-28/h1-22,31-34H,23-26H2/t31-,32+,33-,34-/m0/s1. The molecule has 0 unspecified atom stereocenters. The number of hydrogen-bond acceptors (Lipinski definition) is 6. The molecule has 0 heterocycles. The number of rotatable bonds is 17. The summed E-state index contributed by atoms with van der Waals surface area (Å²) in [6, 6.07) is 38.4. The summed E-state index contributed by atoms with van der Waals surface area (Å²) in [5, 5.41) is 0. The Labute approximate surface area is 235 Å². The first-order valence-corrected chi connectivity index (χ1v) is 13.3. The summed E-state index contributed by atoms with van der Waals surface area (Å²) in [4.78, 5) is 24.9. The Morgan fingerprint density at radius 2 is 0.650 bits per heavy atom. The molecule has 0 aliphatic carbocycles. The van der Waals surface area contributed by atoms with E-state index in [0.29, 0.717) is 12.6 Å². The summed E-state index contributed by atoms with van der Waals surface area (Å²) < 4.78 is 24.8. The van der Waals surface area contributed by atoms with Crippen LogP contribution in [0.25, 0.3) is 0 Å². The third kappa shape index (κ3) is 9.07. The average Bonchev–Trinajstić information content (AvgIpc) is 3.02. The molecule has 0 amide bonds. The van der Waals surface area contributed by atoms with Crippen molar-refractivity contribution in [1.29, 1.82) is 0 Å². The summed E-state index contributed by atoms with van der Waals surface area (Å²) in [6.45, 7) is 0.773. The van der Waals surface area contributed by atoms with Crippen LogP contribution < -0.4 is 0 Å². The zero-order chi connectivity index (χ0) is 27.8. The summed E-state index contributed by atoms with van der Waals surface area (Å²) in [5.41, 5.74) is 3.64. The van der Waals surface area contributed by atoms with Crippen molar-refractivity contribution in [3.8, 4) is 0 Å². The lowest BCUT2D eigenvalue weighted by Gasteiger charge is -2.34. The molecule has 206 valence electrons. The molecule has 0 radical (unpaired) electrons. The van der Waals surface area contributed by atoms with Crippen LogP contribution in [0.15, 0.2) is 121 Å². The van der Waals surface area contributed by atoms with Gasteiger partial charge in [-0.05, 0) is 22.3 Å². The van der Waals surface area contributed by atoms with Crippen LogP contribution in [0.2, 0.25) is 0 Å². The van der Waals surface area contributed by atoms with E-state index in [1.165, 1.54) is 0 Å². The fraction of sp³-hybridized carbons (Fsp3) is 0.235. The minimum absolute atomic E-state index is 0.192. The Morgan fingerprint density at radius 3 is 0.900 bits per heavy atom. The molecule has 0 saturated carbocycles. The second-order valence-corrected chi connectivity index (χ2v) is 9.32. The molecule has 0 aromatic heterocycles. The summed E-state index contributed by atoms with van der Waals surface area (Å²) in [6.07, 6.45) is -2.50. The normalized spacial score (nSPS) is 14.1. The Balaban J connectivity index is 1.60. The minimum Gasteiger partial charge on any atom is -0.368 e. The minimum atomic E-state index is -1.02. The van der Waals surface area contributed by atoms with E-state index in [9.17, 15) is 9.59 Å². The van der Waals surface area contributed by atoms with Crippen LogP contribution in [0.4, 0.5) is 0 Å². The number of hydrogen-bond donors (Lipinski definition) is 0. The molecule has 4 aromatic carbocycles. The first-order chi connectivity index (χ1) is 19.8. The molecule has 0 bridgehead atoms. The van der Waals surface area contributed by atoms with Crippen LogP contribution in [0.3, 0.4) is 0 Å². The number of carbonyl (C=O) groups is 2. The van der Waals surface area contributed by atoms with Crippen molar-refractivity contribution in [1.82, 2.24) is 0 Å². The van der Waals surface area contributed by atoms with Gasteiger partial charge in [-0.1, -0.05) is 121 Å².